The van der Waals surface area contributed by atoms with Crippen molar-refractivity contribution in [1.82, 2.24) is 14.9 Å². The van der Waals surface area contributed by atoms with Gasteiger partial charge in [0, 0.05) is 37.8 Å². The average Bonchev–Trinajstić information content (AvgIpc) is 2.84. The summed E-state index contributed by atoms with van der Waals surface area (Å²) in [5.74, 6) is -0.579. The molecule has 1 aromatic carbocycles. The van der Waals surface area contributed by atoms with Crippen molar-refractivity contribution < 1.29 is 23.4 Å². The molecule has 0 unspecified atom stereocenters. The summed E-state index contributed by atoms with van der Waals surface area (Å²) in [4.78, 5) is 24.6. The maximum absolute atomic E-state index is 14.5. The first-order valence-electron chi connectivity index (χ1n) is 11.2. The van der Waals surface area contributed by atoms with Gasteiger partial charge >= 0.3 is 6.09 Å². The van der Waals surface area contributed by atoms with Crippen molar-refractivity contribution >= 4 is 34.3 Å². The summed E-state index contributed by atoms with van der Waals surface area (Å²) in [5.41, 5.74) is 0.400. The lowest BCUT2D eigenvalue weighted by atomic mass is 10.1. The second-order valence-corrected chi connectivity index (χ2v) is 9.44. The molecule has 3 aromatic rings. The van der Waals surface area contributed by atoms with Crippen molar-refractivity contribution in [1.29, 1.82) is 5.26 Å². The van der Waals surface area contributed by atoms with Gasteiger partial charge < -0.3 is 24.0 Å². The van der Waals surface area contributed by atoms with Crippen molar-refractivity contribution in [3.05, 3.63) is 47.0 Å². The van der Waals surface area contributed by atoms with Crippen molar-refractivity contribution in [3.8, 4) is 23.4 Å². The van der Waals surface area contributed by atoms with Crippen LogP contribution in [0.15, 0.2) is 30.5 Å². The molecule has 1 aliphatic heterocycles. The number of amides is 1. The number of anilines is 1. The molecule has 0 atom stereocenters. The number of hydrogen-bond acceptors (Lipinski definition) is 8. The molecular formula is C25H25ClFN5O4. The highest BCUT2D eigenvalue weighted by molar-refractivity contribution is 6.32. The summed E-state index contributed by atoms with van der Waals surface area (Å²) >= 11 is 6.42. The number of methoxy groups -OCH3 is 1. The molecular weight excluding hydrogens is 489 g/mol. The van der Waals surface area contributed by atoms with Crippen molar-refractivity contribution in [2.24, 2.45) is 0 Å². The number of rotatable bonds is 4. The van der Waals surface area contributed by atoms with Gasteiger partial charge in [0.25, 0.3) is 0 Å². The fraction of sp³-hybridized carbons (Fsp3) is 0.360. The summed E-state index contributed by atoms with van der Waals surface area (Å²) in [6, 6.07) is 8.13. The predicted molar refractivity (Wildman–Crippen MR) is 132 cm³/mol. The van der Waals surface area contributed by atoms with Gasteiger partial charge in [0.05, 0.1) is 12.8 Å². The average molecular weight is 514 g/mol. The molecule has 4 rings (SSSR count). The number of fused-ring (bicyclic) bond motifs is 1. The molecule has 11 heteroatoms. The lowest BCUT2D eigenvalue weighted by molar-refractivity contribution is 0.0240. The summed E-state index contributed by atoms with van der Waals surface area (Å²) in [7, 11) is 1.40. The molecule has 2 aromatic heterocycles. The van der Waals surface area contributed by atoms with Crippen LogP contribution in [0.1, 0.15) is 26.3 Å². The molecule has 0 spiro atoms. The zero-order chi connectivity index (χ0) is 26.0. The monoisotopic (exact) mass is 513 g/mol. The molecule has 1 amide bonds. The number of benzene rings is 1. The largest absolute Gasteiger partial charge is 0.493 e. The van der Waals surface area contributed by atoms with E-state index < -0.39 is 11.4 Å². The Bertz CT molecular complexity index is 1350. The minimum absolute atomic E-state index is 0.0101. The molecule has 9 nitrogen and oxygen atoms in total. The van der Waals surface area contributed by atoms with E-state index in [4.69, 9.17) is 25.8 Å². The van der Waals surface area contributed by atoms with E-state index in [1.807, 2.05) is 25.7 Å². The Morgan fingerprint density at radius 3 is 2.56 bits per heavy atom. The molecule has 0 aliphatic carbocycles. The molecule has 1 fully saturated rings. The van der Waals surface area contributed by atoms with Crippen LogP contribution in [0.25, 0.3) is 10.9 Å². The van der Waals surface area contributed by atoms with Crippen LogP contribution < -0.4 is 14.4 Å². The third-order valence-electron chi connectivity index (χ3n) is 5.51. The van der Waals surface area contributed by atoms with Crippen LogP contribution in [0, 0.1) is 17.1 Å². The number of pyridine rings is 2. The van der Waals surface area contributed by atoms with Gasteiger partial charge in [-0.05, 0) is 39.0 Å². The summed E-state index contributed by atoms with van der Waals surface area (Å²) in [6.45, 7) is 7.10. The molecule has 1 aliphatic rings. The van der Waals surface area contributed by atoms with Gasteiger partial charge in [-0.15, -0.1) is 0 Å². The van der Waals surface area contributed by atoms with E-state index in [2.05, 4.69) is 16.0 Å². The Morgan fingerprint density at radius 1 is 1.19 bits per heavy atom. The SMILES string of the molecule is COc1cccc(F)c1Oc1nccc2c(N3CCN(C(=O)OC(C)(C)C)CC3)c(C#N)c(Cl)nc12. The maximum atomic E-state index is 14.5. The molecule has 3 heterocycles. The van der Waals surface area contributed by atoms with Gasteiger partial charge in [0.1, 0.15) is 27.9 Å². The Kier molecular flexibility index (Phi) is 7.04. The first-order chi connectivity index (χ1) is 17.1. The molecule has 0 radical (unpaired) electrons. The smallest absolute Gasteiger partial charge is 0.410 e. The van der Waals surface area contributed by atoms with Crippen LogP contribution >= 0.6 is 11.6 Å². The summed E-state index contributed by atoms with van der Waals surface area (Å²) < 4.78 is 31.0. The number of halogens is 2. The fourth-order valence-electron chi connectivity index (χ4n) is 3.91. The zero-order valence-corrected chi connectivity index (χ0v) is 21.1. The third kappa shape index (κ3) is 5.06. The van der Waals surface area contributed by atoms with Gasteiger partial charge in [0.2, 0.25) is 11.6 Å². The van der Waals surface area contributed by atoms with Crippen LogP contribution in [0.3, 0.4) is 0 Å². The fourth-order valence-corrected chi connectivity index (χ4v) is 4.12. The summed E-state index contributed by atoms with van der Waals surface area (Å²) in [6.07, 6.45) is 1.10. The first-order valence-corrected chi connectivity index (χ1v) is 11.6. The lowest BCUT2D eigenvalue weighted by Crippen LogP contribution is -2.50. The zero-order valence-electron chi connectivity index (χ0n) is 20.3. The molecule has 0 saturated carbocycles. The van der Waals surface area contributed by atoms with Crippen LogP contribution in [0.5, 0.6) is 17.4 Å². The van der Waals surface area contributed by atoms with Gasteiger partial charge in [0.15, 0.2) is 11.6 Å². The standard InChI is InChI=1S/C25H25ClFN5O4/c1-25(2,3)36-24(33)32-12-10-31(11-13-32)20-15-8-9-29-23(19(15)30-22(26)16(20)14-28)35-21-17(27)6-5-7-18(21)34-4/h5-9H,10-13H2,1-4H3. The van der Waals surface area contributed by atoms with Crippen LogP contribution in [-0.2, 0) is 4.74 Å². The number of nitriles is 1. The minimum atomic E-state index is -0.633. The Hall–Kier alpha value is -3.84. The van der Waals surface area contributed by atoms with Crippen molar-refractivity contribution in [3.63, 3.8) is 0 Å². The highest BCUT2D eigenvalue weighted by Crippen LogP contribution is 2.40. The number of para-hydroxylation sites is 1. The van der Waals surface area contributed by atoms with E-state index in [-0.39, 0.29) is 39.7 Å². The number of aromatic nitrogens is 2. The molecule has 0 N–H and O–H groups in total. The first kappa shape index (κ1) is 25.3. The van der Waals surface area contributed by atoms with E-state index in [1.54, 1.807) is 17.0 Å². The number of hydrogen-bond donors (Lipinski definition) is 0. The highest BCUT2D eigenvalue weighted by atomic mass is 35.5. The molecule has 36 heavy (non-hydrogen) atoms. The Labute approximate surface area is 213 Å². The predicted octanol–water partition coefficient (Wildman–Crippen LogP) is 5.15. The highest BCUT2D eigenvalue weighted by Gasteiger charge is 2.29. The van der Waals surface area contributed by atoms with E-state index in [0.717, 1.165) is 0 Å². The van der Waals surface area contributed by atoms with E-state index in [0.29, 0.717) is 37.3 Å². The van der Waals surface area contributed by atoms with Gasteiger partial charge in [-0.1, -0.05) is 17.7 Å². The van der Waals surface area contributed by atoms with Crippen LogP contribution in [-0.4, -0.2) is 59.9 Å². The third-order valence-corrected chi connectivity index (χ3v) is 5.78. The van der Waals surface area contributed by atoms with Gasteiger partial charge in [-0.25, -0.2) is 19.2 Å². The van der Waals surface area contributed by atoms with Crippen LogP contribution in [0.2, 0.25) is 5.15 Å². The number of ether oxygens (including phenoxy) is 3. The number of carbonyl (C=O) groups excluding carboxylic acids is 1. The van der Waals surface area contributed by atoms with Gasteiger partial charge in [-0.2, -0.15) is 5.26 Å². The summed E-state index contributed by atoms with van der Waals surface area (Å²) in [5, 5.41) is 10.4. The van der Waals surface area contributed by atoms with Crippen molar-refractivity contribution in [2.45, 2.75) is 26.4 Å². The van der Waals surface area contributed by atoms with E-state index >= 15 is 0 Å². The lowest BCUT2D eigenvalue weighted by Gasteiger charge is -2.37. The number of carbonyl (C=O) groups is 1. The Balaban J connectivity index is 1.71. The second kappa shape index (κ2) is 10.0. The molecule has 0 bridgehead atoms. The molecule has 1 saturated heterocycles. The normalized spacial score (nSPS) is 13.9. The number of piperazine rings is 1. The minimum Gasteiger partial charge on any atom is -0.493 e. The van der Waals surface area contributed by atoms with Gasteiger partial charge in [-0.3, -0.25) is 0 Å². The second-order valence-electron chi connectivity index (χ2n) is 9.08. The Morgan fingerprint density at radius 2 is 1.92 bits per heavy atom. The topological polar surface area (TPSA) is 101 Å². The quantitative estimate of drug-likeness (QED) is 0.441. The van der Waals surface area contributed by atoms with E-state index in [9.17, 15) is 14.4 Å². The number of nitrogens with zero attached hydrogens (tertiary/aromatic N) is 5. The van der Waals surface area contributed by atoms with Crippen LogP contribution in [0.4, 0.5) is 14.9 Å². The van der Waals surface area contributed by atoms with Crippen molar-refractivity contribution in [2.75, 3.05) is 38.2 Å². The molecule has 188 valence electrons. The maximum Gasteiger partial charge on any atom is 0.410 e. The van der Waals surface area contributed by atoms with E-state index in [1.165, 1.54) is 25.4 Å².